The second-order valence-electron chi connectivity index (χ2n) is 6.35. The monoisotopic (exact) mass is 408 g/mol. The number of ether oxygens (including phenoxy) is 3. The number of hydrogen-bond acceptors (Lipinski definition) is 3. The third-order valence-electron chi connectivity index (χ3n) is 4.73. The van der Waals surface area contributed by atoms with Crippen molar-refractivity contribution < 1.29 is 31.0 Å². The molecule has 0 bridgehead atoms. The van der Waals surface area contributed by atoms with Gasteiger partial charge in [-0.15, -0.1) is 0 Å². The van der Waals surface area contributed by atoms with Gasteiger partial charge in [0.25, 0.3) is 0 Å². The first-order valence-corrected chi connectivity index (χ1v) is 8.95. The van der Waals surface area contributed by atoms with Crippen molar-refractivity contribution in [2.45, 2.75) is 0 Å². The summed E-state index contributed by atoms with van der Waals surface area (Å²) >= 11 is 0. The van der Waals surface area contributed by atoms with Crippen LogP contribution in [0.4, 0.5) is 0 Å². The molecular formula is C24H21ClO4. The molecule has 0 unspecified atom stereocenters. The van der Waals surface area contributed by atoms with Crippen LogP contribution in [0.3, 0.4) is 0 Å². The van der Waals surface area contributed by atoms with Crippen LogP contribution in [0.15, 0.2) is 77.2 Å². The Balaban J connectivity index is 0.00000240. The van der Waals surface area contributed by atoms with E-state index in [1.807, 2.05) is 66.7 Å². The van der Waals surface area contributed by atoms with Gasteiger partial charge in [-0.2, -0.15) is 0 Å². The first-order valence-electron chi connectivity index (χ1n) is 8.95. The predicted octanol–water partition coefficient (Wildman–Crippen LogP) is 3.08. The highest BCUT2D eigenvalue weighted by molar-refractivity contribution is 5.90. The maximum absolute atomic E-state index is 6.35. The van der Waals surface area contributed by atoms with E-state index < -0.39 is 0 Å². The van der Waals surface area contributed by atoms with Crippen LogP contribution < -0.4 is 26.6 Å². The zero-order valence-corrected chi connectivity index (χ0v) is 17.2. The zero-order chi connectivity index (χ0) is 19.5. The highest BCUT2D eigenvalue weighted by atomic mass is 35.5. The first-order chi connectivity index (χ1) is 13.7. The maximum atomic E-state index is 6.35. The molecule has 0 N–H and O–H groups in total. The van der Waals surface area contributed by atoms with E-state index in [2.05, 4.69) is 6.07 Å². The van der Waals surface area contributed by atoms with Crippen LogP contribution in [0.1, 0.15) is 0 Å². The average molecular weight is 409 g/mol. The van der Waals surface area contributed by atoms with E-state index in [1.54, 1.807) is 21.3 Å². The first kappa shape index (κ1) is 20.5. The minimum absolute atomic E-state index is 0. The lowest BCUT2D eigenvalue weighted by atomic mass is 9.99. The van der Waals surface area contributed by atoms with Gasteiger partial charge in [0.2, 0.25) is 0 Å². The van der Waals surface area contributed by atoms with E-state index in [-0.39, 0.29) is 12.4 Å². The molecule has 0 aliphatic carbocycles. The lowest BCUT2D eigenvalue weighted by molar-refractivity contribution is -0.00000692. The van der Waals surface area contributed by atoms with Crippen molar-refractivity contribution in [1.82, 2.24) is 0 Å². The third kappa shape index (κ3) is 4.13. The van der Waals surface area contributed by atoms with Crippen molar-refractivity contribution in [2.75, 3.05) is 21.3 Å². The predicted molar refractivity (Wildman–Crippen MR) is 111 cm³/mol. The summed E-state index contributed by atoms with van der Waals surface area (Å²) in [5.74, 6) is 3.16. The van der Waals surface area contributed by atoms with Crippen LogP contribution >= 0.6 is 0 Å². The lowest BCUT2D eigenvalue weighted by Crippen LogP contribution is -3.00. The summed E-state index contributed by atoms with van der Waals surface area (Å²) in [4.78, 5) is 0. The van der Waals surface area contributed by atoms with Gasteiger partial charge in [-0.1, -0.05) is 12.1 Å². The topological polar surface area (TPSA) is 39.0 Å². The van der Waals surface area contributed by atoms with Crippen molar-refractivity contribution in [2.24, 2.45) is 0 Å². The van der Waals surface area contributed by atoms with Crippen LogP contribution in [-0.4, -0.2) is 21.3 Å². The van der Waals surface area contributed by atoms with E-state index in [1.165, 1.54) is 0 Å². The van der Waals surface area contributed by atoms with Crippen LogP contribution in [0.25, 0.3) is 33.4 Å². The largest absolute Gasteiger partial charge is 1.00 e. The number of rotatable bonds is 5. The van der Waals surface area contributed by atoms with Gasteiger partial charge < -0.3 is 26.6 Å². The van der Waals surface area contributed by atoms with Crippen molar-refractivity contribution in [3.63, 3.8) is 0 Å². The third-order valence-corrected chi connectivity index (χ3v) is 4.73. The average Bonchev–Trinajstić information content (AvgIpc) is 2.78. The molecule has 4 rings (SSSR count). The molecule has 0 radical (unpaired) electrons. The van der Waals surface area contributed by atoms with Gasteiger partial charge in [0.05, 0.1) is 43.9 Å². The van der Waals surface area contributed by atoms with Gasteiger partial charge >= 0.3 is 11.3 Å². The second kappa shape index (κ2) is 8.84. The summed E-state index contributed by atoms with van der Waals surface area (Å²) in [7, 11) is 4.97. The zero-order valence-electron chi connectivity index (χ0n) is 16.4. The van der Waals surface area contributed by atoms with E-state index in [4.69, 9.17) is 18.6 Å². The van der Waals surface area contributed by atoms with Crippen molar-refractivity contribution in [1.29, 1.82) is 0 Å². The molecule has 0 amide bonds. The number of fused-ring (bicyclic) bond motifs is 1. The van der Waals surface area contributed by atoms with Crippen LogP contribution in [0.5, 0.6) is 17.2 Å². The van der Waals surface area contributed by atoms with E-state index in [9.17, 15) is 0 Å². The van der Waals surface area contributed by atoms with Crippen molar-refractivity contribution in [3.8, 4) is 39.7 Å². The molecule has 4 aromatic rings. The molecule has 148 valence electrons. The Morgan fingerprint density at radius 3 is 1.66 bits per heavy atom. The lowest BCUT2D eigenvalue weighted by Gasteiger charge is -2.06. The Kier molecular flexibility index (Phi) is 6.25. The fourth-order valence-electron chi connectivity index (χ4n) is 3.18. The molecule has 4 nitrogen and oxygen atoms in total. The molecule has 29 heavy (non-hydrogen) atoms. The summed E-state index contributed by atoms with van der Waals surface area (Å²) in [5.41, 5.74) is 3.79. The molecule has 0 aliphatic rings. The van der Waals surface area contributed by atoms with Crippen LogP contribution in [0.2, 0.25) is 0 Å². The quantitative estimate of drug-likeness (QED) is 0.476. The highest BCUT2D eigenvalue weighted by Gasteiger charge is 2.23. The Labute approximate surface area is 176 Å². The van der Waals surface area contributed by atoms with E-state index in [0.717, 1.165) is 50.7 Å². The van der Waals surface area contributed by atoms with Gasteiger partial charge in [0, 0.05) is 0 Å². The number of methoxy groups -OCH3 is 3. The minimum Gasteiger partial charge on any atom is -1.00 e. The summed E-state index contributed by atoms with van der Waals surface area (Å²) in [5, 5.41) is 1.00. The van der Waals surface area contributed by atoms with E-state index in [0.29, 0.717) is 0 Å². The molecule has 1 heterocycles. The second-order valence-corrected chi connectivity index (χ2v) is 6.35. The van der Waals surface area contributed by atoms with Crippen LogP contribution in [0, 0.1) is 0 Å². The molecule has 0 saturated heterocycles. The molecular weight excluding hydrogens is 388 g/mol. The smallest absolute Gasteiger partial charge is 0.368 e. The Bertz CT molecular complexity index is 1110. The fraction of sp³-hybridized carbons (Fsp3) is 0.125. The maximum Gasteiger partial charge on any atom is 0.368 e. The molecule has 0 spiro atoms. The van der Waals surface area contributed by atoms with Gasteiger partial charge in [-0.3, -0.25) is 0 Å². The molecule has 0 saturated carbocycles. The number of halogens is 1. The summed E-state index contributed by atoms with van der Waals surface area (Å²) in [6, 6.07) is 23.8. The van der Waals surface area contributed by atoms with Crippen molar-refractivity contribution in [3.05, 3.63) is 72.8 Å². The Morgan fingerprint density at radius 1 is 0.586 bits per heavy atom. The van der Waals surface area contributed by atoms with Gasteiger partial charge in [-0.05, 0) is 60.2 Å². The molecule has 0 atom stereocenters. The molecule has 0 aliphatic heterocycles. The minimum atomic E-state index is 0. The number of benzene rings is 3. The Morgan fingerprint density at radius 2 is 1.10 bits per heavy atom. The fourth-order valence-corrected chi connectivity index (χ4v) is 3.18. The Hall–Kier alpha value is -3.24. The number of hydrogen-bond donors (Lipinski definition) is 0. The normalized spacial score (nSPS) is 10.3. The standard InChI is InChI=1S/C24H21O4.ClH/c1-25-19-9-4-16(5-10-19)22-14-18-8-13-21(27-3)15-23(18)28-24(22)17-6-11-20(26-2)12-7-17;/h4-15H,1-3H3;1H/q+1;/p-1. The SMILES string of the molecule is COc1ccc(-c2cc3ccc(OC)cc3[o+]c2-c2ccc(OC)cc2)cc1.[Cl-]. The van der Waals surface area contributed by atoms with Crippen LogP contribution in [-0.2, 0) is 0 Å². The van der Waals surface area contributed by atoms with Gasteiger partial charge in [-0.25, -0.2) is 4.42 Å². The van der Waals surface area contributed by atoms with Crippen molar-refractivity contribution >= 4 is 11.0 Å². The molecule has 3 aromatic carbocycles. The van der Waals surface area contributed by atoms with Gasteiger partial charge in [0.1, 0.15) is 17.2 Å². The molecule has 5 heteroatoms. The summed E-state index contributed by atoms with van der Waals surface area (Å²) in [6.45, 7) is 0. The van der Waals surface area contributed by atoms with Gasteiger partial charge in [0.15, 0.2) is 0 Å². The highest BCUT2D eigenvalue weighted by Crippen LogP contribution is 2.37. The van der Waals surface area contributed by atoms with E-state index >= 15 is 0 Å². The molecule has 1 aromatic heterocycles. The summed E-state index contributed by atoms with van der Waals surface area (Å²) < 4.78 is 22.3. The summed E-state index contributed by atoms with van der Waals surface area (Å²) in [6.07, 6.45) is 0. The molecule has 0 fully saturated rings.